The molecule has 7 nitrogen and oxygen atoms in total. The van der Waals surface area contributed by atoms with Crippen molar-refractivity contribution >= 4 is 22.6 Å². The largest absolute Gasteiger partial charge is 0.450 e. The molecule has 8 heteroatoms. The Morgan fingerprint density at radius 1 is 1.19 bits per heavy atom. The summed E-state index contributed by atoms with van der Waals surface area (Å²) in [5.74, 6) is -1.25. The van der Waals surface area contributed by atoms with Crippen LogP contribution in [0.1, 0.15) is 27.7 Å². The summed E-state index contributed by atoms with van der Waals surface area (Å²) in [5, 5.41) is 11.1. The summed E-state index contributed by atoms with van der Waals surface area (Å²) in [6, 6.07) is 8.32. The molecule has 0 saturated heterocycles. The average Bonchev–Trinajstić information content (AvgIpc) is 2.87. The lowest BCUT2D eigenvalue weighted by molar-refractivity contribution is -0.384. The van der Waals surface area contributed by atoms with E-state index in [1.54, 1.807) is 6.07 Å². The molecule has 2 heterocycles. The molecule has 1 amide bonds. The van der Waals surface area contributed by atoms with Crippen molar-refractivity contribution in [3.63, 3.8) is 0 Å². The van der Waals surface area contributed by atoms with Crippen molar-refractivity contribution in [3.8, 4) is 0 Å². The molecule has 0 spiro atoms. The minimum Gasteiger partial charge on any atom is -0.450 e. The Morgan fingerprint density at radius 2 is 1.96 bits per heavy atom. The molecule has 0 radical (unpaired) electrons. The fourth-order valence-electron chi connectivity index (χ4n) is 3.26. The number of hydrogen-bond donors (Lipinski definition) is 0. The lowest BCUT2D eigenvalue weighted by Gasteiger charge is -2.20. The Kier molecular flexibility index (Phi) is 3.36. The van der Waals surface area contributed by atoms with Crippen LogP contribution < -0.4 is 5.43 Å². The molecule has 0 saturated carbocycles. The second-order valence-corrected chi connectivity index (χ2v) is 5.99. The van der Waals surface area contributed by atoms with Crippen molar-refractivity contribution in [3.05, 3.63) is 85.5 Å². The Labute approximate surface area is 145 Å². The first-order chi connectivity index (χ1) is 12.4. The third-order valence-electron chi connectivity index (χ3n) is 4.46. The van der Waals surface area contributed by atoms with Gasteiger partial charge >= 0.3 is 0 Å². The third-order valence-corrected chi connectivity index (χ3v) is 4.46. The van der Waals surface area contributed by atoms with E-state index in [1.165, 1.54) is 36.2 Å². The van der Waals surface area contributed by atoms with E-state index in [2.05, 4.69) is 0 Å². The summed E-state index contributed by atoms with van der Waals surface area (Å²) in [5.41, 5.74) is -0.132. The van der Waals surface area contributed by atoms with Crippen molar-refractivity contribution in [1.82, 2.24) is 4.90 Å². The van der Waals surface area contributed by atoms with E-state index >= 15 is 0 Å². The first kappa shape index (κ1) is 15.9. The maximum Gasteiger partial charge on any atom is 0.290 e. The number of nitrogens with zero attached hydrogens (tertiary/aromatic N) is 2. The number of halogens is 1. The average molecular weight is 354 g/mol. The number of nitro benzene ring substituents is 1. The van der Waals surface area contributed by atoms with Gasteiger partial charge in [-0.1, -0.05) is 12.1 Å². The first-order valence-electron chi connectivity index (χ1n) is 7.66. The second-order valence-electron chi connectivity index (χ2n) is 5.99. The lowest BCUT2D eigenvalue weighted by atomic mass is 9.98. The van der Waals surface area contributed by atoms with Crippen LogP contribution in [0.5, 0.6) is 0 Å². The number of hydrogen-bond acceptors (Lipinski definition) is 5. The minimum atomic E-state index is -0.846. The fourth-order valence-corrected chi connectivity index (χ4v) is 3.26. The Bertz CT molecular complexity index is 1150. The molecule has 130 valence electrons. The summed E-state index contributed by atoms with van der Waals surface area (Å²) in [6.45, 7) is 0. The molecule has 1 aromatic heterocycles. The van der Waals surface area contributed by atoms with Crippen molar-refractivity contribution in [1.29, 1.82) is 0 Å². The zero-order valence-electron chi connectivity index (χ0n) is 13.4. The van der Waals surface area contributed by atoms with E-state index < -0.39 is 28.1 Å². The molecule has 0 bridgehead atoms. The van der Waals surface area contributed by atoms with Gasteiger partial charge in [-0.2, -0.15) is 0 Å². The van der Waals surface area contributed by atoms with Gasteiger partial charge in [-0.25, -0.2) is 4.39 Å². The van der Waals surface area contributed by atoms with E-state index in [1.807, 2.05) is 0 Å². The number of carbonyl (C=O) groups excluding carboxylic acids is 1. The summed E-state index contributed by atoms with van der Waals surface area (Å²) < 4.78 is 19.1. The van der Waals surface area contributed by atoms with E-state index in [0.29, 0.717) is 5.56 Å². The Hall–Kier alpha value is -3.55. The molecule has 0 N–H and O–H groups in total. The highest BCUT2D eigenvalue weighted by atomic mass is 19.1. The van der Waals surface area contributed by atoms with E-state index in [4.69, 9.17) is 4.42 Å². The van der Waals surface area contributed by atoms with Gasteiger partial charge in [0.15, 0.2) is 5.43 Å². The number of amides is 1. The zero-order chi connectivity index (χ0) is 18.6. The van der Waals surface area contributed by atoms with Gasteiger partial charge in [0.2, 0.25) is 5.76 Å². The molecule has 26 heavy (non-hydrogen) atoms. The maximum atomic E-state index is 13.6. The van der Waals surface area contributed by atoms with Crippen LogP contribution in [0.2, 0.25) is 0 Å². The number of non-ortho nitro benzene ring substituents is 1. The van der Waals surface area contributed by atoms with E-state index in [0.717, 1.165) is 12.1 Å². The predicted octanol–water partition coefficient (Wildman–Crippen LogP) is 3.02. The molecule has 0 fully saturated rings. The van der Waals surface area contributed by atoms with Crippen LogP contribution in [0.15, 0.2) is 51.7 Å². The molecule has 1 unspecified atom stereocenters. The van der Waals surface area contributed by atoms with Gasteiger partial charge in [0.05, 0.1) is 21.9 Å². The molecule has 1 atom stereocenters. The van der Waals surface area contributed by atoms with Gasteiger partial charge in [0.1, 0.15) is 11.4 Å². The van der Waals surface area contributed by atoms with Gasteiger partial charge in [-0.15, -0.1) is 0 Å². The van der Waals surface area contributed by atoms with Crippen LogP contribution in [-0.4, -0.2) is 22.8 Å². The standard InChI is InChI=1S/C18H11FN2O5/c1-20-15(9-3-2-4-11(7-9)21(24)25)14-16(22)12-8-10(19)5-6-13(12)26-17(14)18(20)23/h2-8,15H,1H3. The molecule has 2 aromatic carbocycles. The molecular weight excluding hydrogens is 343 g/mol. The van der Waals surface area contributed by atoms with E-state index in [-0.39, 0.29) is 28.0 Å². The normalized spacial score (nSPS) is 16.2. The lowest BCUT2D eigenvalue weighted by Crippen LogP contribution is -2.25. The van der Waals surface area contributed by atoms with Crippen LogP contribution in [0.3, 0.4) is 0 Å². The van der Waals surface area contributed by atoms with Gasteiger partial charge in [0.25, 0.3) is 11.6 Å². The van der Waals surface area contributed by atoms with Crippen LogP contribution in [-0.2, 0) is 0 Å². The Balaban J connectivity index is 2.01. The van der Waals surface area contributed by atoms with Crippen LogP contribution >= 0.6 is 0 Å². The highest BCUT2D eigenvalue weighted by Gasteiger charge is 2.41. The quantitative estimate of drug-likeness (QED) is 0.521. The monoisotopic (exact) mass is 354 g/mol. The molecular formula is C18H11FN2O5. The van der Waals surface area contributed by atoms with Crippen LogP contribution in [0.4, 0.5) is 10.1 Å². The predicted molar refractivity (Wildman–Crippen MR) is 89.5 cm³/mol. The molecule has 1 aliphatic heterocycles. The number of fused-ring (bicyclic) bond motifs is 2. The molecule has 1 aliphatic rings. The van der Waals surface area contributed by atoms with Crippen molar-refractivity contribution in [2.24, 2.45) is 0 Å². The van der Waals surface area contributed by atoms with Gasteiger partial charge < -0.3 is 9.32 Å². The van der Waals surface area contributed by atoms with Crippen molar-refractivity contribution in [2.45, 2.75) is 6.04 Å². The third kappa shape index (κ3) is 2.19. The minimum absolute atomic E-state index is 0.0160. The summed E-state index contributed by atoms with van der Waals surface area (Å²) in [6.07, 6.45) is 0. The number of rotatable bonds is 2. The second kappa shape index (κ2) is 5.48. The van der Waals surface area contributed by atoms with Gasteiger partial charge in [0, 0.05) is 19.2 Å². The van der Waals surface area contributed by atoms with Gasteiger partial charge in [-0.05, 0) is 23.8 Å². The summed E-state index contributed by atoms with van der Waals surface area (Å²) >= 11 is 0. The maximum absolute atomic E-state index is 13.6. The Morgan fingerprint density at radius 3 is 2.69 bits per heavy atom. The number of carbonyl (C=O) groups is 1. The smallest absolute Gasteiger partial charge is 0.290 e. The fraction of sp³-hybridized carbons (Fsp3) is 0.111. The number of benzene rings is 2. The van der Waals surface area contributed by atoms with E-state index in [9.17, 15) is 24.1 Å². The van der Waals surface area contributed by atoms with Crippen molar-refractivity contribution < 1.29 is 18.5 Å². The highest BCUT2D eigenvalue weighted by molar-refractivity contribution is 5.98. The summed E-state index contributed by atoms with van der Waals surface area (Å²) in [7, 11) is 1.48. The molecule has 0 aliphatic carbocycles. The van der Waals surface area contributed by atoms with Crippen molar-refractivity contribution in [2.75, 3.05) is 7.05 Å². The topological polar surface area (TPSA) is 93.7 Å². The van der Waals surface area contributed by atoms with Gasteiger partial charge in [-0.3, -0.25) is 19.7 Å². The number of nitro groups is 1. The first-order valence-corrected chi connectivity index (χ1v) is 7.66. The van der Waals surface area contributed by atoms with Crippen LogP contribution in [0.25, 0.3) is 11.0 Å². The summed E-state index contributed by atoms with van der Waals surface area (Å²) in [4.78, 5) is 37.2. The zero-order valence-corrected chi connectivity index (χ0v) is 13.4. The SMILES string of the molecule is CN1C(=O)c2oc3ccc(F)cc3c(=O)c2C1c1cccc([N+](=O)[O-])c1. The molecule has 4 rings (SSSR count). The highest BCUT2D eigenvalue weighted by Crippen LogP contribution is 2.37. The van der Waals surface area contributed by atoms with Crippen LogP contribution in [0, 0.1) is 15.9 Å². The molecule has 3 aromatic rings.